The minimum Gasteiger partial charge on any atom is -0.480 e. The summed E-state index contributed by atoms with van der Waals surface area (Å²) in [6.45, 7) is 3.60. The molecule has 2 heterocycles. The van der Waals surface area contributed by atoms with Gasteiger partial charge in [-0.2, -0.15) is 0 Å². The van der Waals surface area contributed by atoms with Crippen molar-refractivity contribution in [2.45, 2.75) is 48.9 Å². The summed E-state index contributed by atoms with van der Waals surface area (Å²) in [5.74, 6) is 1.07. The van der Waals surface area contributed by atoms with Gasteiger partial charge in [-0.05, 0) is 44.1 Å². The quantitative estimate of drug-likeness (QED) is 0.360. The molecule has 0 amide bonds. The second-order valence-electron chi connectivity index (χ2n) is 5.14. The number of aliphatic carboxylic acids is 1. The molecule has 0 radical (unpaired) electrons. The van der Waals surface area contributed by atoms with E-state index in [0.717, 1.165) is 50.4 Å². The third kappa shape index (κ3) is 5.94. The van der Waals surface area contributed by atoms with Gasteiger partial charge in [-0.25, -0.2) is 4.79 Å². The maximum atomic E-state index is 11.4. The Balaban J connectivity index is 1.60. The van der Waals surface area contributed by atoms with E-state index in [-0.39, 0.29) is 0 Å². The lowest BCUT2D eigenvalue weighted by atomic mass is 10.3. The van der Waals surface area contributed by atoms with Crippen LogP contribution in [0.3, 0.4) is 0 Å². The Morgan fingerprint density at radius 3 is 1.89 bits per heavy atom. The zero-order chi connectivity index (χ0) is 13.7. The van der Waals surface area contributed by atoms with E-state index in [1.165, 1.54) is 0 Å². The van der Waals surface area contributed by atoms with Crippen LogP contribution in [0, 0.1) is 0 Å². The standard InChI is InChI=1S/C13H22O4S2/c1-13(12(14)15,18-6-2-4-10-8-16-10)19-7-3-5-11-9-17-11/h10-11H,2-9H2,1H3,(H,14,15). The lowest BCUT2D eigenvalue weighted by molar-refractivity contribution is -0.136. The number of hydrogen-bond donors (Lipinski definition) is 1. The third-order valence-electron chi connectivity index (χ3n) is 3.29. The summed E-state index contributed by atoms with van der Waals surface area (Å²) < 4.78 is 9.59. The SMILES string of the molecule is CC(SCCCC1CO1)(SCCCC1CO1)C(=O)O. The summed E-state index contributed by atoms with van der Waals surface area (Å²) in [5.41, 5.74) is 0. The lowest BCUT2D eigenvalue weighted by Crippen LogP contribution is -2.28. The first kappa shape index (κ1) is 15.5. The highest BCUT2D eigenvalue weighted by Crippen LogP contribution is 2.39. The fourth-order valence-electron chi connectivity index (χ4n) is 1.79. The number of thioether (sulfide) groups is 2. The molecule has 0 aliphatic carbocycles. The van der Waals surface area contributed by atoms with Crippen molar-refractivity contribution in [3.63, 3.8) is 0 Å². The van der Waals surface area contributed by atoms with E-state index < -0.39 is 10.0 Å². The molecule has 0 aromatic carbocycles. The molecule has 2 unspecified atom stereocenters. The average molecular weight is 306 g/mol. The lowest BCUT2D eigenvalue weighted by Gasteiger charge is -2.23. The van der Waals surface area contributed by atoms with Crippen LogP contribution < -0.4 is 0 Å². The van der Waals surface area contributed by atoms with Gasteiger partial charge in [0.2, 0.25) is 0 Å². The summed E-state index contributed by atoms with van der Waals surface area (Å²) in [6.07, 6.45) is 5.09. The Morgan fingerprint density at radius 1 is 1.16 bits per heavy atom. The van der Waals surface area contributed by atoms with E-state index in [1.807, 2.05) is 6.92 Å². The predicted molar refractivity (Wildman–Crippen MR) is 78.9 cm³/mol. The monoisotopic (exact) mass is 306 g/mol. The van der Waals surface area contributed by atoms with Crippen LogP contribution >= 0.6 is 23.5 Å². The van der Waals surface area contributed by atoms with Gasteiger partial charge in [0.1, 0.15) is 0 Å². The second kappa shape index (κ2) is 7.20. The van der Waals surface area contributed by atoms with Crippen LogP contribution in [0.2, 0.25) is 0 Å². The number of carbonyl (C=O) groups is 1. The first-order chi connectivity index (χ1) is 9.10. The summed E-state index contributed by atoms with van der Waals surface area (Å²) in [4.78, 5) is 11.4. The van der Waals surface area contributed by atoms with Crippen LogP contribution in [0.15, 0.2) is 0 Å². The topological polar surface area (TPSA) is 62.4 Å². The number of epoxide rings is 2. The van der Waals surface area contributed by atoms with Crippen molar-refractivity contribution in [2.24, 2.45) is 0 Å². The maximum absolute atomic E-state index is 11.4. The Labute approximate surface area is 123 Å². The van der Waals surface area contributed by atoms with Crippen molar-refractivity contribution in [3.8, 4) is 0 Å². The average Bonchev–Trinajstić information content (AvgIpc) is 3.25. The molecule has 2 aliphatic rings. The van der Waals surface area contributed by atoms with Gasteiger partial charge in [0, 0.05) is 0 Å². The smallest absolute Gasteiger partial charge is 0.329 e. The van der Waals surface area contributed by atoms with Gasteiger partial charge in [-0.1, -0.05) is 0 Å². The molecule has 2 rings (SSSR count). The zero-order valence-electron chi connectivity index (χ0n) is 11.3. The number of rotatable bonds is 11. The van der Waals surface area contributed by atoms with Gasteiger partial charge in [0.15, 0.2) is 4.08 Å². The Morgan fingerprint density at radius 2 is 1.58 bits per heavy atom. The van der Waals surface area contributed by atoms with Gasteiger partial charge in [-0.15, -0.1) is 23.5 Å². The molecule has 6 heteroatoms. The minimum atomic E-state index is -0.715. The molecule has 0 spiro atoms. The van der Waals surface area contributed by atoms with Crippen molar-refractivity contribution in [1.29, 1.82) is 0 Å². The van der Waals surface area contributed by atoms with E-state index in [2.05, 4.69) is 0 Å². The molecule has 19 heavy (non-hydrogen) atoms. The number of carboxylic acids is 1. The first-order valence-electron chi connectivity index (χ1n) is 6.85. The predicted octanol–water partition coefficient (Wildman–Crippen LogP) is 2.61. The highest BCUT2D eigenvalue weighted by molar-refractivity contribution is 8.19. The highest BCUT2D eigenvalue weighted by atomic mass is 32.2. The Bertz CT molecular complexity index is 283. The zero-order valence-corrected chi connectivity index (χ0v) is 12.9. The van der Waals surface area contributed by atoms with Gasteiger partial charge in [0.05, 0.1) is 25.4 Å². The normalized spacial score (nSPS) is 27.8. The van der Waals surface area contributed by atoms with Gasteiger partial charge >= 0.3 is 5.97 Å². The molecule has 0 aromatic heterocycles. The van der Waals surface area contributed by atoms with Gasteiger partial charge < -0.3 is 14.6 Å². The van der Waals surface area contributed by atoms with E-state index in [4.69, 9.17) is 9.47 Å². The maximum Gasteiger partial charge on any atom is 0.329 e. The summed E-state index contributed by atoms with van der Waals surface area (Å²) in [5, 5.41) is 9.38. The van der Waals surface area contributed by atoms with E-state index >= 15 is 0 Å². The molecule has 0 aromatic rings. The van der Waals surface area contributed by atoms with Crippen LogP contribution in [0.5, 0.6) is 0 Å². The van der Waals surface area contributed by atoms with E-state index in [0.29, 0.717) is 12.2 Å². The molecule has 0 saturated carbocycles. The summed E-state index contributed by atoms with van der Waals surface area (Å²) >= 11 is 3.11. The van der Waals surface area contributed by atoms with Crippen molar-refractivity contribution in [3.05, 3.63) is 0 Å². The molecule has 2 fully saturated rings. The fraction of sp³-hybridized carbons (Fsp3) is 0.923. The van der Waals surface area contributed by atoms with E-state index in [9.17, 15) is 9.90 Å². The Kier molecular flexibility index (Phi) is 5.87. The van der Waals surface area contributed by atoms with Crippen molar-refractivity contribution < 1.29 is 19.4 Å². The molecular formula is C13H22O4S2. The van der Waals surface area contributed by atoms with Crippen LogP contribution in [-0.2, 0) is 14.3 Å². The number of carboxylic acid groups (broad SMARTS) is 1. The van der Waals surface area contributed by atoms with Crippen LogP contribution in [0.1, 0.15) is 32.6 Å². The second-order valence-corrected chi connectivity index (χ2v) is 8.43. The fourth-order valence-corrected chi connectivity index (χ4v) is 4.27. The first-order valence-corrected chi connectivity index (χ1v) is 8.82. The number of ether oxygens (including phenoxy) is 2. The minimum absolute atomic E-state index is 0.447. The van der Waals surface area contributed by atoms with Crippen molar-refractivity contribution in [2.75, 3.05) is 24.7 Å². The largest absolute Gasteiger partial charge is 0.480 e. The molecular weight excluding hydrogens is 284 g/mol. The molecule has 2 saturated heterocycles. The molecule has 0 bridgehead atoms. The third-order valence-corrected chi connectivity index (χ3v) is 6.43. The summed E-state index contributed by atoms with van der Waals surface area (Å²) in [6, 6.07) is 0. The van der Waals surface area contributed by atoms with Crippen molar-refractivity contribution in [1.82, 2.24) is 0 Å². The molecule has 110 valence electrons. The summed E-state index contributed by atoms with van der Waals surface area (Å²) in [7, 11) is 0. The van der Waals surface area contributed by atoms with Gasteiger partial charge in [-0.3, -0.25) is 0 Å². The molecule has 1 N–H and O–H groups in total. The van der Waals surface area contributed by atoms with Crippen LogP contribution in [0.4, 0.5) is 0 Å². The van der Waals surface area contributed by atoms with Crippen molar-refractivity contribution >= 4 is 29.5 Å². The molecule has 2 atom stereocenters. The molecule has 2 aliphatic heterocycles. The van der Waals surface area contributed by atoms with Crippen LogP contribution in [-0.4, -0.2) is 52.1 Å². The number of hydrogen-bond acceptors (Lipinski definition) is 5. The van der Waals surface area contributed by atoms with Crippen LogP contribution in [0.25, 0.3) is 0 Å². The molecule has 4 nitrogen and oxygen atoms in total. The Hall–Kier alpha value is 0.0900. The van der Waals surface area contributed by atoms with Gasteiger partial charge in [0.25, 0.3) is 0 Å². The highest BCUT2D eigenvalue weighted by Gasteiger charge is 2.34. The van der Waals surface area contributed by atoms with E-state index in [1.54, 1.807) is 23.5 Å².